The monoisotopic (exact) mass is 699 g/mol. The van der Waals surface area contributed by atoms with E-state index in [2.05, 4.69) is 165 Å². The highest BCUT2D eigenvalue weighted by molar-refractivity contribution is 6.40. The average Bonchev–Trinajstić information content (AvgIpc) is 3.90. The van der Waals surface area contributed by atoms with Crippen LogP contribution in [0.4, 0.5) is 0 Å². The molecule has 0 aliphatic heterocycles. The van der Waals surface area contributed by atoms with Crippen LogP contribution >= 0.6 is 0 Å². The number of aromatic nitrogens is 3. The molecule has 0 bridgehead atoms. The van der Waals surface area contributed by atoms with Crippen LogP contribution in [0.3, 0.4) is 0 Å². The van der Waals surface area contributed by atoms with E-state index in [-0.39, 0.29) is 0 Å². The normalized spacial score (nSPS) is 11.6. The van der Waals surface area contributed by atoms with Crippen LogP contribution in [0.15, 0.2) is 176 Å². The Labute approximate surface area is 316 Å². The largest absolute Gasteiger partial charge is 0.308 e. The average molecular weight is 700 g/mol. The van der Waals surface area contributed by atoms with Crippen LogP contribution in [-0.2, 0) is 0 Å². The minimum atomic E-state index is 0.562. The highest BCUT2D eigenvalue weighted by Gasteiger charge is 2.29. The smallest absolute Gasteiger partial charge is 0.101 e. The van der Waals surface area contributed by atoms with Gasteiger partial charge >= 0.3 is 0 Å². The molecule has 0 atom stereocenters. The zero-order chi connectivity index (χ0) is 36.6. The van der Waals surface area contributed by atoms with Crippen molar-refractivity contribution in [1.29, 1.82) is 10.5 Å². The first-order chi connectivity index (χ1) is 27.2. The Balaban J connectivity index is 1.46. The van der Waals surface area contributed by atoms with E-state index in [1.807, 2.05) is 36.4 Å². The lowest BCUT2D eigenvalue weighted by Gasteiger charge is -2.15. The van der Waals surface area contributed by atoms with Crippen LogP contribution in [0.2, 0.25) is 0 Å². The van der Waals surface area contributed by atoms with E-state index < -0.39 is 0 Å². The van der Waals surface area contributed by atoms with Crippen LogP contribution < -0.4 is 0 Å². The third kappa shape index (κ3) is 4.33. The van der Waals surface area contributed by atoms with Gasteiger partial charge < -0.3 is 13.7 Å². The van der Waals surface area contributed by atoms with Gasteiger partial charge in [0.25, 0.3) is 0 Å². The summed E-state index contributed by atoms with van der Waals surface area (Å²) in [5.41, 5.74) is 12.4. The molecule has 0 aliphatic carbocycles. The number of hydrogen-bond donors (Lipinski definition) is 0. The fourth-order valence-electron chi connectivity index (χ4n) is 8.85. The SMILES string of the molecule is N#Cc1cccc(-c2ccc(C#N)c(-n3c4ccccc4c4c5c(c6ccccc6n5-c5ccccc5)c5c(c6ccccc6n5-c5ccccc5)c43)c2)c1. The van der Waals surface area contributed by atoms with Crippen LogP contribution in [0.1, 0.15) is 11.1 Å². The molecule has 254 valence electrons. The lowest BCUT2D eigenvalue weighted by atomic mass is 10.00. The molecule has 11 aromatic rings. The number of rotatable bonds is 4. The third-order valence-corrected chi connectivity index (χ3v) is 11.0. The lowest BCUT2D eigenvalue weighted by molar-refractivity contribution is 1.16. The molecule has 0 aliphatic rings. The van der Waals surface area contributed by atoms with Crippen molar-refractivity contribution in [3.8, 4) is 40.3 Å². The number of benzene rings is 8. The van der Waals surface area contributed by atoms with E-state index >= 15 is 0 Å². The molecule has 3 heterocycles. The quantitative estimate of drug-likeness (QED) is 0.184. The first-order valence-corrected chi connectivity index (χ1v) is 18.3. The molecule has 3 aromatic heterocycles. The predicted octanol–water partition coefficient (Wildman–Crippen LogP) is 12.4. The maximum atomic E-state index is 10.8. The molecule has 5 heteroatoms. The zero-order valence-corrected chi connectivity index (χ0v) is 29.5. The Morgan fingerprint density at radius 2 is 0.818 bits per heavy atom. The second-order valence-electron chi connectivity index (χ2n) is 13.9. The molecule has 55 heavy (non-hydrogen) atoms. The fourth-order valence-corrected chi connectivity index (χ4v) is 8.85. The Morgan fingerprint density at radius 3 is 1.33 bits per heavy atom. The van der Waals surface area contributed by atoms with Crippen LogP contribution in [0, 0.1) is 22.7 Å². The second-order valence-corrected chi connectivity index (χ2v) is 13.9. The number of para-hydroxylation sites is 5. The standard InChI is InChI=1S/C50H29N5/c51-30-32-14-13-15-33(28-32)34-26-27-35(31-52)44(29-34)55-43-25-12-9-22-40(43)47-49-45(38-20-7-10-23-41(38)53(49)36-16-3-1-4-17-36)48-46(50(47)55)39-21-8-11-24-42(39)54(48)37-18-5-2-6-19-37/h1-29H. The molecule has 0 radical (unpaired) electrons. The molecule has 8 aromatic carbocycles. The van der Waals surface area contributed by atoms with E-state index in [0.717, 1.165) is 82.8 Å². The fraction of sp³-hybridized carbons (Fsp3) is 0. The molecule has 0 saturated carbocycles. The van der Waals surface area contributed by atoms with Crippen molar-refractivity contribution in [3.05, 3.63) is 187 Å². The topological polar surface area (TPSA) is 62.4 Å². The summed E-state index contributed by atoms with van der Waals surface area (Å²) in [5.74, 6) is 0. The van der Waals surface area contributed by atoms with E-state index in [1.54, 1.807) is 0 Å². The Kier molecular flexibility index (Phi) is 6.61. The molecule has 5 nitrogen and oxygen atoms in total. The van der Waals surface area contributed by atoms with Crippen LogP contribution in [-0.4, -0.2) is 13.7 Å². The number of fused-ring (bicyclic) bond motifs is 12. The van der Waals surface area contributed by atoms with E-state index in [9.17, 15) is 10.5 Å². The van der Waals surface area contributed by atoms with Crippen LogP contribution in [0.5, 0.6) is 0 Å². The van der Waals surface area contributed by atoms with Crippen molar-refractivity contribution < 1.29 is 0 Å². The van der Waals surface area contributed by atoms with Gasteiger partial charge in [-0.3, -0.25) is 0 Å². The molecule has 0 fully saturated rings. The summed E-state index contributed by atoms with van der Waals surface area (Å²) in [7, 11) is 0. The van der Waals surface area contributed by atoms with Gasteiger partial charge in [0, 0.05) is 43.7 Å². The Hall–Kier alpha value is -7.86. The van der Waals surface area contributed by atoms with Crippen molar-refractivity contribution in [1.82, 2.24) is 13.7 Å². The van der Waals surface area contributed by atoms with Gasteiger partial charge in [-0.1, -0.05) is 109 Å². The summed E-state index contributed by atoms with van der Waals surface area (Å²) in [6, 6.07) is 65.7. The van der Waals surface area contributed by atoms with Gasteiger partial charge in [0.15, 0.2) is 0 Å². The second kappa shape index (κ2) is 11.8. The molecule has 0 N–H and O–H groups in total. The lowest BCUT2D eigenvalue weighted by Crippen LogP contribution is -2.00. The molecule has 0 amide bonds. The van der Waals surface area contributed by atoms with Gasteiger partial charge in [-0.25, -0.2) is 0 Å². The first-order valence-electron chi connectivity index (χ1n) is 18.3. The van der Waals surface area contributed by atoms with E-state index in [1.165, 1.54) is 10.8 Å². The summed E-state index contributed by atoms with van der Waals surface area (Å²) in [6.45, 7) is 0. The first kappa shape index (κ1) is 30.7. The predicted molar refractivity (Wildman–Crippen MR) is 224 cm³/mol. The van der Waals surface area contributed by atoms with Crippen LogP contribution in [0.25, 0.3) is 93.6 Å². The summed E-state index contributed by atoms with van der Waals surface area (Å²) in [6.07, 6.45) is 0. The minimum absolute atomic E-state index is 0.562. The molecular formula is C50H29N5. The molecule has 11 rings (SSSR count). The van der Waals surface area contributed by atoms with Gasteiger partial charge in [-0.15, -0.1) is 0 Å². The van der Waals surface area contributed by atoms with Gasteiger partial charge in [-0.05, 0) is 77.9 Å². The Morgan fingerprint density at radius 1 is 0.364 bits per heavy atom. The maximum absolute atomic E-state index is 10.8. The molecule has 0 unspecified atom stereocenters. The van der Waals surface area contributed by atoms with Gasteiger partial charge in [0.05, 0.1) is 56.0 Å². The zero-order valence-electron chi connectivity index (χ0n) is 29.5. The highest BCUT2D eigenvalue weighted by atomic mass is 15.0. The molecular weight excluding hydrogens is 671 g/mol. The van der Waals surface area contributed by atoms with Crippen molar-refractivity contribution in [2.75, 3.05) is 0 Å². The molecule has 0 spiro atoms. The minimum Gasteiger partial charge on any atom is -0.308 e. The van der Waals surface area contributed by atoms with E-state index in [0.29, 0.717) is 11.1 Å². The summed E-state index contributed by atoms with van der Waals surface area (Å²) in [4.78, 5) is 0. The number of nitrogens with zero attached hydrogens (tertiary/aromatic N) is 5. The number of nitriles is 2. The third-order valence-electron chi connectivity index (χ3n) is 11.0. The van der Waals surface area contributed by atoms with E-state index in [4.69, 9.17) is 0 Å². The van der Waals surface area contributed by atoms with Crippen molar-refractivity contribution >= 4 is 65.4 Å². The molecule has 0 saturated heterocycles. The van der Waals surface area contributed by atoms with Crippen molar-refractivity contribution in [2.24, 2.45) is 0 Å². The van der Waals surface area contributed by atoms with Gasteiger partial charge in [0.2, 0.25) is 0 Å². The number of hydrogen-bond acceptors (Lipinski definition) is 2. The maximum Gasteiger partial charge on any atom is 0.101 e. The van der Waals surface area contributed by atoms with Gasteiger partial charge in [-0.2, -0.15) is 10.5 Å². The summed E-state index contributed by atoms with van der Waals surface area (Å²) < 4.78 is 7.16. The van der Waals surface area contributed by atoms with Crippen molar-refractivity contribution in [2.45, 2.75) is 0 Å². The summed E-state index contributed by atoms with van der Waals surface area (Å²) >= 11 is 0. The van der Waals surface area contributed by atoms with Gasteiger partial charge in [0.1, 0.15) is 6.07 Å². The van der Waals surface area contributed by atoms with Crippen molar-refractivity contribution in [3.63, 3.8) is 0 Å². The Bertz CT molecular complexity index is 3370. The summed E-state index contributed by atoms with van der Waals surface area (Å²) in [5, 5.41) is 27.3. The highest BCUT2D eigenvalue weighted by Crippen LogP contribution is 2.50.